The van der Waals surface area contributed by atoms with Gasteiger partial charge in [0.15, 0.2) is 5.52 Å². The predicted molar refractivity (Wildman–Crippen MR) is 114 cm³/mol. The maximum Gasteiger partial charge on any atom is 0.352 e. The minimum atomic E-state index is -0.361. The third-order valence-electron chi connectivity index (χ3n) is 5.23. The van der Waals surface area contributed by atoms with Crippen LogP contribution in [0, 0.1) is 12.7 Å². The van der Waals surface area contributed by atoms with Gasteiger partial charge in [0.25, 0.3) is 5.56 Å². The van der Waals surface area contributed by atoms with E-state index in [0.29, 0.717) is 11.1 Å². The van der Waals surface area contributed by atoms with Gasteiger partial charge < -0.3 is 0 Å². The maximum absolute atomic E-state index is 13.3. The number of aromatic nitrogens is 6. The molecule has 0 amide bonds. The van der Waals surface area contributed by atoms with Crippen LogP contribution in [0.3, 0.4) is 0 Å². The monoisotopic (exact) mass is 418 g/mol. The molecule has 5 rings (SSSR count). The molecule has 31 heavy (non-hydrogen) atoms. The molecule has 0 bridgehead atoms. The molecule has 0 radical (unpaired) electrons. The van der Waals surface area contributed by atoms with E-state index in [-0.39, 0.29) is 41.5 Å². The van der Waals surface area contributed by atoms with Crippen molar-refractivity contribution in [1.82, 2.24) is 28.5 Å². The molecule has 5 aromatic rings. The van der Waals surface area contributed by atoms with E-state index in [0.717, 1.165) is 11.1 Å². The van der Waals surface area contributed by atoms with Gasteiger partial charge in [-0.15, -0.1) is 5.10 Å². The molecule has 0 saturated carbocycles. The standard InChI is InChI=1S/C22H19FN6O2/c1-14-4-3-5-16(10-14)12-28-22(31)29-18-13-26(2)24-19(18)20(30)27(21(29)25-28)11-15-6-8-17(23)9-7-15/h3-10,13H,11-12H2,1-2H3. The lowest BCUT2D eigenvalue weighted by Gasteiger charge is -2.07. The van der Waals surface area contributed by atoms with Gasteiger partial charge in [-0.1, -0.05) is 42.0 Å². The fraction of sp³-hybridized carbons (Fsp3) is 0.182. The molecule has 0 N–H and O–H groups in total. The maximum atomic E-state index is 13.3. The Morgan fingerprint density at radius 3 is 2.48 bits per heavy atom. The summed E-state index contributed by atoms with van der Waals surface area (Å²) in [5, 5.41) is 8.74. The highest BCUT2D eigenvalue weighted by atomic mass is 19.1. The number of halogens is 1. The number of rotatable bonds is 4. The first-order valence-corrected chi connectivity index (χ1v) is 9.76. The lowest BCUT2D eigenvalue weighted by molar-refractivity contribution is 0.626. The molecule has 0 spiro atoms. The van der Waals surface area contributed by atoms with Crippen molar-refractivity contribution in [2.24, 2.45) is 7.05 Å². The highest BCUT2D eigenvalue weighted by Gasteiger charge is 2.20. The molecule has 0 fully saturated rings. The molecule has 8 nitrogen and oxygen atoms in total. The predicted octanol–water partition coefficient (Wildman–Crippen LogP) is 2.09. The second-order valence-electron chi connectivity index (χ2n) is 7.62. The van der Waals surface area contributed by atoms with Crippen LogP contribution in [0.15, 0.2) is 64.3 Å². The molecular formula is C22H19FN6O2. The molecule has 0 aliphatic carbocycles. The topological polar surface area (TPSA) is 79.1 Å². The van der Waals surface area contributed by atoms with Gasteiger partial charge in [-0.05, 0) is 30.2 Å². The Morgan fingerprint density at radius 2 is 1.74 bits per heavy atom. The lowest BCUT2D eigenvalue weighted by Crippen LogP contribution is -2.26. The van der Waals surface area contributed by atoms with Gasteiger partial charge >= 0.3 is 5.69 Å². The molecule has 0 aliphatic rings. The van der Waals surface area contributed by atoms with Crippen LogP contribution in [-0.2, 0) is 20.1 Å². The Balaban J connectivity index is 1.74. The average molecular weight is 418 g/mol. The summed E-state index contributed by atoms with van der Waals surface area (Å²) in [4.78, 5) is 26.5. The molecule has 0 saturated heterocycles. The minimum Gasteiger partial charge on any atom is -0.273 e. The Hall–Kier alpha value is -4.01. The van der Waals surface area contributed by atoms with E-state index in [4.69, 9.17) is 0 Å². The Bertz CT molecular complexity index is 1560. The van der Waals surface area contributed by atoms with E-state index < -0.39 is 0 Å². The van der Waals surface area contributed by atoms with Gasteiger partial charge in [-0.3, -0.25) is 14.0 Å². The summed E-state index contributed by atoms with van der Waals surface area (Å²) in [6.07, 6.45) is 1.63. The second-order valence-corrected chi connectivity index (χ2v) is 7.62. The number of hydrogen-bond donors (Lipinski definition) is 0. The van der Waals surface area contributed by atoms with Crippen LogP contribution >= 0.6 is 0 Å². The van der Waals surface area contributed by atoms with E-state index in [1.54, 1.807) is 25.4 Å². The highest BCUT2D eigenvalue weighted by Crippen LogP contribution is 2.13. The van der Waals surface area contributed by atoms with Crippen LogP contribution in [0.5, 0.6) is 0 Å². The molecular weight excluding hydrogens is 399 g/mol. The van der Waals surface area contributed by atoms with E-state index in [1.165, 1.54) is 30.5 Å². The van der Waals surface area contributed by atoms with Crippen molar-refractivity contribution >= 4 is 16.8 Å². The van der Waals surface area contributed by atoms with Gasteiger partial charge in [0.05, 0.1) is 13.1 Å². The Labute approximate surface area is 175 Å². The minimum absolute atomic E-state index is 0.135. The van der Waals surface area contributed by atoms with Gasteiger partial charge in [-0.2, -0.15) is 5.10 Å². The van der Waals surface area contributed by atoms with Crippen LogP contribution in [0.2, 0.25) is 0 Å². The van der Waals surface area contributed by atoms with E-state index in [2.05, 4.69) is 10.2 Å². The second kappa shape index (κ2) is 7.05. The summed E-state index contributed by atoms with van der Waals surface area (Å²) in [6, 6.07) is 13.7. The van der Waals surface area contributed by atoms with Crippen LogP contribution in [-0.4, -0.2) is 28.5 Å². The summed E-state index contributed by atoms with van der Waals surface area (Å²) < 4.78 is 19.0. The summed E-state index contributed by atoms with van der Waals surface area (Å²) in [7, 11) is 1.69. The van der Waals surface area contributed by atoms with Crippen LogP contribution in [0.4, 0.5) is 4.39 Å². The largest absolute Gasteiger partial charge is 0.352 e. The van der Waals surface area contributed by atoms with E-state index in [1.807, 2.05) is 31.2 Å². The molecule has 0 aliphatic heterocycles. The Kier molecular flexibility index (Phi) is 4.32. The van der Waals surface area contributed by atoms with Gasteiger partial charge in [0.2, 0.25) is 5.78 Å². The van der Waals surface area contributed by atoms with Crippen LogP contribution in [0.25, 0.3) is 16.8 Å². The molecule has 9 heteroatoms. The zero-order chi connectivity index (χ0) is 21.7. The number of nitrogens with zero attached hydrogens (tertiary/aromatic N) is 6. The zero-order valence-electron chi connectivity index (χ0n) is 17.0. The SMILES string of the molecule is Cc1cccc(Cn2nc3n(Cc4ccc(F)cc4)c(=O)c4nn(C)cc4n3c2=O)c1. The molecule has 0 unspecified atom stereocenters. The summed E-state index contributed by atoms with van der Waals surface area (Å²) >= 11 is 0. The molecule has 0 atom stereocenters. The van der Waals surface area contributed by atoms with Crippen molar-refractivity contribution < 1.29 is 4.39 Å². The number of benzene rings is 2. The molecule has 3 aromatic heterocycles. The van der Waals surface area contributed by atoms with E-state index in [9.17, 15) is 14.0 Å². The smallest absolute Gasteiger partial charge is 0.273 e. The fourth-order valence-electron chi connectivity index (χ4n) is 3.79. The highest BCUT2D eigenvalue weighted by molar-refractivity contribution is 5.75. The van der Waals surface area contributed by atoms with E-state index >= 15 is 0 Å². The first-order valence-electron chi connectivity index (χ1n) is 9.76. The number of hydrogen-bond acceptors (Lipinski definition) is 4. The van der Waals surface area contributed by atoms with Crippen molar-refractivity contribution in [2.75, 3.05) is 0 Å². The average Bonchev–Trinajstić information content (AvgIpc) is 3.27. The Morgan fingerprint density at radius 1 is 0.968 bits per heavy atom. The molecule has 2 aromatic carbocycles. The first kappa shape index (κ1) is 19.0. The summed E-state index contributed by atoms with van der Waals surface area (Å²) in [6.45, 7) is 2.39. The number of fused-ring (bicyclic) bond motifs is 3. The fourth-order valence-corrected chi connectivity index (χ4v) is 3.79. The summed E-state index contributed by atoms with van der Waals surface area (Å²) in [5.74, 6) is -0.146. The van der Waals surface area contributed by atoms with Crippen molar-refractivity contribution in [1.29, 1.82) is 0 Å². The summed E-state index contributed by atoms with van der Waals surface area (Å²) in [5.41, 5.74) is 2.58. The third kappa shape index (κ3) is 3.24. The first-order chi connectivity index (χ1) is 14.9. The zero-order valence-corrected chi connectivity index (χ0v) is 17.0. The lowest BCUT2D eigenvalue weighted by atomic mass is 10.1. The quantitative estimate of drug-likeness (QED) is 0.448. The van der Waals surface area contributed by atoms with Crippen molar-refractivity contribution in [2.45, 2.75) is 20.0 Å². The van der Waals surface area contributed by atoms with Crippen LogP contribution < -0.4 is 11.2 Å². The van der Waals surface area contributed by atoms with Gasteiger partial charge in [0.1, 0.15) is 11.3 Å². The normalized spacial score (nSPS) is 11.6. The van der Waals surface area contributed by atoms with Gasteiger partial charge in [0, 0.05) is 13.2 Å². The van der Waals surface area contributed by atoms with Crippen LogP contribution in [0.1, 0.15) is 16.7 Å². The molecule has 3 heterocycles. The van der Waals surface area contributed by atoms with Crippen molar-refractivity contribution in [3.05, 3.63) is 98.1 Å². The number of aryl methyl sites for hydroxylation is 2. The third-order valence-corrected chi connectivity index (χ3v) is 5.23. The van der Waals surface area contributed by atoms with Crippen molar-refractivity contribution in [3.8, 4) is 0 Å². The van der Waals surface area contributed by atoms with Gasteiger partial charge in [-0.25, -0.2) is 18.3 Å². The van der Waals surface area contributed by atoms with Crippen molar-refractivity contribution in [3.63, 3.8) is 0 Å². The molecule has 156 valence electrons.